The van der Waals surface area contributed by atoms with Gasteiger partial charge in [0.1, 0.15) is 5.75 Å². The second-order valence-corrected chi connectivity index (χ2v) is 5.50. The van der Waals surface area contributed by atoms with Crippen molar-refractivity contribution < 1.29 is 9.53 Å². The van der Waals surface area contributed by atoms with E-state index in [1.54, 1.807) is 0 Å². The highest BCUT2D eigenvalue weighted by Gasteiger charge is 2.03. The van der Waals surface area contributed by atoms with Gasteiger partial charge in [0, 0.05) is 11.6 Å². The Morgan fingerprint density at radius 1 is 1.13 bits per heavy atom. The van der Waals surface area contributed by atoms with Gasteiger partial charge >= 0.3 is 6.03 Å². The molecule has 2 rings (SSSR count). The molecule has 0 heterocycles. The lowest BCUT2D eigenvalue weighted by Gasteiger charge is -2.12. The first-order chi connectivity index (χ1) is 11.2. The molecule has 2 aromatic rings. The van der Waals surface area contributed by atoms with Gasteiger partial charge in [0.25, 0.3) is 0 Å². The maximum atomic E-state index is 11.7. The maximum absolute atomic E-state index is 11.7. The first-order valence-corrected chi connectivity index (χ1v) is 8.03. The molecule has 0 unspecified atom stereocenters. The van der Waals surface area contributed by atoms with Crippen molar-refractivity contribution in [2.75, 3.05) is 13.3 Å². The van der Waals surface area contributed by atoms with Gasteiger partial charge in [-0.15, -0.1) is 0 Å². The van der Waals surface area contributed by atoms with E-state index in [0.29, 0.717) is 11.6 Å². The molecule has 0 aliphatic carbocycles. The third-order valence-corrected chi connectivity index (χ3v) is 3.64. The molecule has 2 aromatic carbocycles. The quantitative estimate of drug-likeness (QED) is 0.758. The number of carbonyl (C=O) groups excluding carboxylic acids is 1. The second kappa shape index (κ2) is 9.06. The van der Waals surface area contributed by atoms with Crippen molar-refractivity contribution in [3.8, 4) is 5.75 Å². The van der Waals surface area contributed by atoms with Crippen LogP contribution in [-0.2, 0) is 12.8 Å². The fraction of sp³-hybridized carbons (Fsp3) is 0.278. The van der Waals surface area contributed by atoms with E-state index in [2.05, 4.69) is 17.6 Å². The van der Waals surface area contributed by atoms with Crippen LogP contribution >= 0.6 is 11.6 Å². The van der Waals surface area contributed by atoms with Crippen molar-refractivity contribution in [1.82, 2.24) is 10.6 Å². The van der Waals surface area contributed by atoms with Gasteiger partial charge in [-0.25, -0.2) is 4.79 Å². The third-order valence-electron chi connectivity index (χ3n) is 3.40. The van der Waals surface area contributed by atoms with Gasteiger partial charge in [-0.3, -0.25) is 0 Å². The van der Waals surface area contributed by atoms with Crippen LogP contribution in [0.4, 0.5) is 4.79 Å². The Bertz CT molecular complexity index is 646. The number of carbonyl (C=O) groups is 1. The summed E-state index contributed by atoms with van der Waals surface area (Å²) in [6.07, 6.45) is 1.62. The molecule has 0 aromatic heterocycles. The number of halogens is 1. The number of para-hydroxylation sites is 1. The molecule has 0 aliphatic heterocycles. The number of nitrogens with one attached hydrogen (secondary N) is 2. The molecule has 122 valence electrons. The Morgan fingerprint density at radius 3 is 2.74 bits per heavy atom. The van der Waals surface area contributed by atoms with Crippen LogP contribution in [0.2, 0.25) is 5.02 Å². The number of aryl methyl sites for hydroxylation is 1. The summed E-state index contributed by atoms with van der Waals surface area (Å²) in [7, 11) is 0. The molecule has 0 saturated carbocycles. The van der Waals surface area contributed by atoms with Gasteiger partial charge in [0.05, 0.1) is 0 Å². The highest BCUT2D eigenvalue weighted by atomic mass is 35.5. The van der Waals surface area contributed by atoms with E-state index < -0.39 is 0 Å². The van der Waals surface area contributed by atoms with Crippen LogP contribution < -0.4 is 15.4 Å². The van der Waals surface area contributed by atoms with Gasteiger partial charge in [-0.1, -0.05) is 48.9 Å². The molecule has 0 radical (unpaired) electrons. The van der Waals surface area contributed by atoms with Crippen molar-refractivity contribution >= 4 is 17.6 Å². The van der Waals surface area contributed by atoms with Gasteiger partial charge in [0.2, 0.25) is 0 Å². The summed E-state index contributed by atoms with van der Waals surface area (Å²) in [5.74, 6) is 0.800. The van der Waals surface area contributed by atoms with E-state index in [-0.39, 0.29) is 12.8 Å². The summed E-state index contributed by atoms with van der Waals surface area (Å²) in [6, 6.07) is 15.2. The summed E-state index contributed by atoms with van der Waals surface area (Å²) >= 11 is 5.92. The molecule has 0 aliphatic rings. The predicted octanol–water partition coefficient (Wildman–Crippen LogP) is 3.78. The largest absolute Gasteiger partial charge is 0.473 e. The standard InChI is InChI=1S/C18H21ClN2O2/c1-2-15-7-3-4-9-17(15)23-13-21-18(22)20-11-10-14-6-5-8-16(19)12-14/h3-9,12H,2,10-11,13H2,1H3,(H2,20,21,22). The minimum absolute atomic E-state index is 0.139. The molecule has 2 N–H and O–H groups in total. The number of amides is 2. The van der Waals surface area contributed by atoms with E-state index in [4.69, 9.17) is 16.3 Å². The maximum Gasteiger partial charge on any atom is 0.317 e. The van der Waals surface area contributed by atoms with Crippen molar-refractivity contribution in [3.63, 3.8) is 0 Å². The summed E-state index contributed by atoms with van der Waals surface area (Å²) in [5, 5.41) is 6.18. The molecule has 4 nitrogen and oxygen atoms in total. The Kier molecular flexibility index (Phi) is 6.76. The van der Waals surface area contributed by atoms with Gasteiger partial charge in [0.15, 0.2) is 6.73 Å². The first kappa shape index (κ1) is 17.2. The average Bonchev–Trinajstić information content (AvgIpc) is 2.55. The zero-order valence-electron chi connectivity index (χ0n) is 13.1. The average molecular weight is 333 g/mol. The van der Waals surface area contributed by atoms with E-state index in [1.807, 2.05) is 48.5 Å². The summed E-state index contributed by atoms with van der Waals surface area (Å²) < 4.78 is 5.59. The normalized spacial score (nSPS) is 10.2. The molecular weight excluding hydrogens is 312 g/mol. The molecule has 0 fully saturated rings. The van der Waals surface area contributed by atoms with Gasteiger partial charge in [-0.2, -0.15) is 0 Å². The number of ether oxygens (including phenoxy) is 1. The minimum atomic E-state index is -0.249. The van der Waals surface area contributed by atoms with Gasteiger partial charge < -0.3 is 15.4 Å². The molecule has 0 saturated heterocycles. The third kappa shape index (κ3) is 5.83. The topological polar surface area (TPSA) is 50.4 Å². The van der Waals surface area contributed by atoms with Crippen LogP contribution in [0.25, 0.3) is 0 Å². The van der Waals surface area contributed by atoms with Crippen LogP contribution in [-0.4, -0.2) is 19.3 Å². The van der Waals surface area contributed by atoms with Crippen LogP contribution in [0.3, 0.4) is 0 Å². The predicted molar refractivity (Wildman–Crippen MR) is 93.0 cm³/mol. The minimum Gasteiger partial charge on any atom is -0.473 e. The highest BCUT2D eigenvalue weighted by molar-refractivity contribution is 6.30. The Morgan fingerprint density at radius 2 is 1.96 bits per heavy atom. The lowest BCUT2D eigenvalue weighted by atomic mass is 10.1. The summed E-state index contributed by atoms with van der Waals surface area (Å²) in [4.78, 5) is 11.7. The lowest BCUT2D eigenvalue weighted by molar-refractivity contribution is 0.223. The fourth-order valence-corrected chi connectivity index (χ4v) is 2.40. The van der Waals surface area contributed by atoms with Crippen molar-refractivity contribution in [2.24, 2.45) is 0 Å². The van der Waals surface area contributed by atoms with E-state index in [9.17, 15) is 4.79 Å². The molecular formula is C18H21ClN2O2. The van der Waals surface area contributed by atoms with E-state index in [0.717, 1.165) is 29.7 Å². The van der Waals surface area contributed by atoms with Crippen molar-refractivity contribution in [1.29, 1.82) is 0 Å². The number of rotatable bonds is 7. The van der Waals surface area contributed by atoms with Crippen LogP contribution in [0.5, 0.6) is 5.75 Å². The van der Waals surface area contributed by atoms with E-state index >= 15 is 0 Å². The summed E-state index contributed by atoms with van der Waals surface area (Å²) in [6.45, 7) is 2.75. The monoisotopic (exact) mass is 332 g/mol. The van der Waals surface area contributed by atoms with Crippen molar-refractivity contribution in [2.45, 2.75) is 19.8 Å². The SMILES string of the molecule is CCc1ccccc1OCNC(=O)NCCc1cccc(Cl)c1. The highest BCUT2D eigenvalue weighted by Crippen LogP contribution is 2.17. The Balaban J connectivity index is 1.67. The lowest BCUT2D eigenvalue weighted by Crippen LogP contribution is -2.38. The molecule has 0 bridgehead atoms. The van der Waals surface area contributed by atoms with Crippen molar-refractivity contribution in [3.05, 3.63) is 64.7 Å². The van der Waals surface area contributed by atoms with Gasteiger partial charge in [-0.05, 0) is 42.2 Å². The molecule has 5 heteroatoms. The molecule has 2 amide bonds. The van der Waals surface area contributed by atoms with Crippen LogP contribution in [0.1, 0.15) is 18.1 Å². The second-order valence-electron chi connectivity index (χ2n) is 5.06. The fourth-order valence-electron chi connectivity index (χ4n) is 2.19. The van der Waals surface area contributed by atoms with Crippen LogP contribution in [0.15, 0.2) is 48.5 Å². The number of benzene rings is 2. The number of hydrogen-bond donors (Lipinski definition) is 2. The molecule has 0 atom stereocenters. The van der Waals surface area contributed by atoms with E-state index in [1.165, 1.54) is 0 Å². The zero-order chi connectivity index (χ0) is 16.5. The smallest absolute Gasteiger partial charge is 0.317 e. The first-order valence-electron chi connectivity index (χ1n) is 7.66. The molecule has 23 heavy (non-hydrogen) atoms. The Hall–Kier alpha value is -2.20. The van der Waals surface area contributed by atoms with Crippen LogP contribution in [0, 0.1) is 0 Å². The molecule has 0 spiro atoms. The number of urea groups is 1. The zero-order valence-corrected chi connectivity index (χ0v) is 13.9. The number of hydrogen-bond acceptors (Lipinski definition) is 2. The summed E-state index contributed by atoms with van der Waals surface area (Å²) in [5.41, 5.74) is 2.21. The Labute approximate surface area is 141 Å².